The lowest BCUT2D eigenvalue weighted by Gasteiger charge is -2.34. The zero-order valence-electron chi connectivity index (χ0n) is 12.0. The van der Waals surface area contributed by atoms with Crippen molar-refractivity contribution in [1.82, 2.24) is 4.31 Å². The van der Waals surface area contributed by atoms with Gasteiger partial charge in [-0.3, -0.25) is 4.72 Å². The van der Waals surface area contributed by atoms with Crippen molar-refractivity contribution in [1.29, 1.82) is 0 Å². The molecule has 2 unspecified atom stereocenters. The van der Waals surface area contributed by atoms with E-state index in [0.717, 1.165) is 12.0 Å². The molecule has 1 aliphatic rings. The van der Waals surface area contributed by atoms with E-state index in [0.29, 0.717) is 37.2 Å². The first-order chi connectivity index (χ1) is 9.42. The molecule has 1 heterocycles. The van der Waals surface area contributed by atoms with Crippen LogP contribution in [-0.4, -0.2) is 25.8 Å². The van der Waals surface area contributed by atoms with E-state index in [1.165, 1.54) is 0 Å². The maximum absolute atomic E-state index is 12.5. The molecule has 0 bridgehead atoms. The topological polar surface area (TPSA) is 75.4 Å². The monoisotopic (exact) mass is 297 g/mol. The fraction of sp³-hybridized carbons (Fsp3) is 0.571. The zero-order valence-corrected chi connectivity index (χ0v) is 12.9. The molecule has 0 saturated carbocycles. The highest BCUT2D eigenvalue weighted by molar-refractivity contribution is 7.90. The Morgan fingerprint density at radius 2 is 1.85 bits per heavy atom. The second-order valence-electron chi connectivity index (χ2n) is 5.73. The molecule has 6 heteroatoms. The van der Waals surface area contributed by atoms with Crippen molar-refractivity contribution in [2.75, 3.05) is 17.8 Å². The average molecular weight is 297 g/mol. The number of nitrogens with one attached hydrogen (secondary N) is 1. The van der Waals surface area contributed by atoms with Gasteiger partial charge in [0.15, 0.2) is 0 Å². The van der Waals surface area contributed by atoms with Crippen molar-refractivity contribution in [3.05, 3.63) is 29.8 Å². The van der Waals surface area contributed by atoms with Gasteiger partial charge in [-0.1, -0.05) is 32.0 Å². The molecule has 3 N–H and O–H groups in total. The fourth-order valence-electron chi connectivity index (χ4n) is 2.80. The van der Waals surface area contributed by atoms with E-state index in [4.69, 9.17) is 5.73 Å². The zero-order chi connectivity index (χ0) is 14.8. The average Bonchev–Trinajstić information content (AvgIpc) is 2.38. The maximum Gasteiger partial charge on any atom is 0.301 e. The van der Waals surface area contributed by atoms with Gasteiger partial charge in [0.05, 0.1) is 5.69 Å². The van der Waals surface area contributed by atoms with Crippen LogP contribution in [0.1, 0.15) is 25.8 Å². The maximum atomic E-state index is 12.5. The highest BCUT2D eigenvalue weighted by Gasteiger charge is 2.30. The number of anilines is 1. The van der Waals surface area contributed by atoms with Gasteiger partial charge in [-0.15, -0.1) is 0 Å². The van der Waals surface area contributed by atoms with Crippen LogP contribution < -0.4 is 10.5 Å². The summed E-state index contributed by atoms with van der Waals surface area (Å²) in [4.78, 5) is 0. The Hall–Kier alpha value is -1.11. The second-order valence-corrected chi connectivity index (χ2v) is 7.40. The van der Waals surface area contributed by atoms with Crippen LogP contribution >= 0.6 is 0 Å². The summed E-state index contributed by atoms with van der Waals surface area (Å²) in [6, 6.07) is 7.24. The van der Waals surface area contributed by atoms with Gasteiger partial charge in [-0.05, 0) is 29.9 Å². The normalized spacial score (nSPS) is 24.6. The van der Waals surface area contributed by atoms with Crippen LogP contribution in [0, 0.1) is 11.8 Å². The minimum atomic E-state index is -3.51. The Labute approximate surface area is 121 Å². The molecule has 1 aromatic carbocycles. The summed E-state index contributed by atoms with van der Waals surface area (Å²) in [5.74, 6) is 0.778. The van der Waals surface area contributed by atoms with Gasteiger partial charge >= 0.3 is 10.2 Å². The lowest BCUT2D eigenvalue weighted by atomic mass is 9.94. The Morgan fingerprint density at radius 3 is 2.45 bits per heavy atom. The third-order valence-corrected chi connectivity index (χ3v) is 5.11. The summed E-state index contributed by atoms with van der Waals surface area (Å²) >= 11 is 0. The van der Waals surface area contributed by atoms with Crippen LogP contribution in [0.5, 0.6) is 0 Å². The van der Waals surface area contributed by atoms with Gasteiger partial charge in [0.1, 0.15) is 0 Å². The third kappa shape index (κ3) is 3.50. The molecule has 0 aliphatic carbocycles. The molecule has 2 rings (SSSR count). The number of benzene rings is 1. The molecule has 1 aliphatic heterocycles. The summed E-state index contributed by atoms with van der Waals surface area (Å²) in [6.45, 7) is 5.64. The van der Waals surface area contributed by atoms with Crippen LogP contribution in [0.4, 0.5) is 5.69 Å². The largest absolute Gasteiger partial charge is 0.326 e. The van der Waals surface area contributed by atoms with Gasteiger partial charge in [0.2, 0.25) is 0 Å². The molecule has 2 atom stereocenters. The van der Waals surface area contributed by atoms with E-state index in [9.17, 15) is 8.42 Å². The Bertz CT molecular complexity index is 549. The molecule has 112 valence electrons. The fourth-order valence-corrected chi connectivity index (χ4v) is 4.31. The van der Waals surface area contributed by atoms with Crippen LogP contribution in [0.3, 0.4) is 0 Å². The van der Waals surface area contributed by atoms with Crippen LogP contribution in [0.15, 0.2) is 24.3 Å². The first-order valence-corrected chi connectivity index (χ1v) is 8.42. The first-order valence-electron chi connectivity index (χ1n) is 6.98. The molecule has 0 amide bonds. The third-order valence-electron chi connectivity index (χ3n) is 3.65. The van der Waals surface area contributed by atoms with Crippen molar-refractivity contribution in [2.45, 2.75) is 26.8 Å². The molecule has 0 radical (unpaired) electrons. The molecule has 20 heavy (non-hydrogen) atoms. The smallest absolute Gasteiger partial charge is 0.301 e. The first kappa shape index (κ1) is 15.3. The Morgan fingerprint density at radius 1 is 1.25 bits per heavy atom. The van der Waals surface area contributed by atoms with Crippen molar-refractivity contribution in [3.8, 4) is 0 Å². The molecular formula is C14H23N3O2S. The summed E-state index contributed by atoms with van der Waals surface area (Å²) in [6.07, 6.45) is 1.07. The Balaban J connectivity index is 2.18. The van der Waals surface area contributed by atoms with Crippen molar-refractivity contribution in [3.63, 3.8) is 0 Å². The van der Waals surface area contributed by atoms with Gasteiger partial charge < -0.3 is 5.73 Å². The lowest BCUT2D eigenvalue weighted by molar-refractivity contribution is 0.223. The predicted octanol–water partition coefficient (Wildman–Crippen LogP) is 1.78. The van der Waals surface area contributed by atoms with Crippen LogP contribution in [-0.2, 0) is 16.8 Å². The number of para-hydroxylation sites is 1. The van der Waals surface area contributed by atoms with Gasteiger partial charge in [0.25, 0.3) is 0 Å². The van der Waals surface area contributed by atoms with E-state index in [1.807, 2.05) is 12.1 Å². The minimum absolute atomic E-state index is 0.311. The van der Waals surface area contributed by atoms with Gasteiger partial charge in [-0.2, -0.15) is 12.7 Å². The SMILES string of the molecule is CC1CC(C)CN(S(=O)(=O)Nc2ccccc2CN)C1. The van der Waals surface area contributed by atoms with E-state index >= 15 is 0 Å². The quantitative estimate of drug-likeness (QED) is 0.889. The second kappa shape index (κ2) is 6.11. The van der Waals surface area contributed by atoms with Crippen LogP contribution in [0.2, 0.25) is 0 Å². The summed E-state index contributed by atoms with van der Waals surface area (Å²) in [5, 5.41) is 0. The molecule has 1 saturated heterocycles. The molecule has 5 nitrogen and oxygen atoms in total. The lowest BCUT2D eigenvalue weighted by Crippen LogP contribution is -2.45. The summed E-state index contributed by atoms with van der Waals surface area (Å²) in [5.41, 5.74) is 7.01. The Kier molecular flexibility index (Phi) is 4.67. The van der Waals surface area contributed by atoms with E-state index in [-0.39, 0.29) is 0 Å². The van der Waals surface area contributed by atoms with Crippen molar-refractivity contribution >= 4 is 15.9 Å². The molecule has 0 spiro atoms. The highest BCUT2D eigenvalue weighted by atomic mass is 32.2. The number of hydrogen-bond acceptors (Lipinski definition) is 3. The van der Waals surface area contributed by atoms with E-state index in [1.54, 1.807) is 16.4 Å². The number of nitrogens with zero attached hydrogens (tertiary/aromatic N) is 1. The molecular weight excluding hydrogens is 274 g/mol. The molecule has 1 aromatic rings. The van der Waals surface area contributed by atoms with Gasteiger partial charge in [0, 0.05) is 19.6 Å². The highest BCUT2D eigenvalue weighted by Crippen LogP contribution is 2.25. The number of hydrogen-bond donors (Lipinski definition) is 2. The van der Waals surface area contributed by atoms with E-state index in [2.05, 4.69) is 18.6 Å². The van der Waals surface area contributed by atoms with Crippen molar-refractivity contribution in [2.24, 2.45) is 17.6 Å². The van der Waals surface area contributed by atoms with E-state index < -0.39 is 10.2 Å². The number of nitrogens with two attached hydrogens (primary N) is 1. The summed E-state index contributed by atoms with van der Waals surface area (Å²) in [7, 11) is -3.51. The predicted molar refractivity (Wildman–Crippen MR) is 81.4 cm³/mol. The molecule has 0 aromatic heterocycles. The van der Waals surface area contributed by atoms with Gasteiger partial charge in [-0.25, -0.2) is 0 Å². The van der Waals surface area contributed by atoms with Crippen LogP contribution in [0.25, 0.3) is 0 Å². The standard InChI is InChI=1S/C14H23N3O2S/c1-11-7-12(2)10-17(9-11)20(18,19)16-14-6-4-3-5-13(14)8-15/h3-6,11-12,16H,7-10,15H2,1-2H3. The number of piperidine rings is 1. The molecule has 1 fully saturated rings. The summed E-state index contributed by atoms with van der Waals surface area (Å²) < 4.78 is 29.2. The minimum Gasteiger partial charge on any atom is -0.326 e. The van der Waals surface area contributed by atoms with Crippen molar-refractivity contribution < 1.29 is 8.42 Å². The number of rotatable bonds is 4.